The lowest BCUT2D eigenvalue weighted by Gasteiger charge is -2.43. The Morgan fingerprint density at radius 3 is 2.85 bits per heavy atom. The molecule has 20 heavy (non-hydrogen) atoms. The molecule has 2 atom stereocenters. The molecular weight excluding hydrogens is 250 g/mol. The average molecular weight is 277 g/mol. The van der Waals surface area contributed by atoms with Gasteiger partial charge in [-0.15, -0.1) is 0 Å². The fraction of sp³-hybridized carbons (Fsp3) is 0.706. The summed E-state index contributed by atoms with van der Waals surface area (Å²) in [6.07, 6.45) is 11.7. The van der Waals surface area contributed by atoms with E-state index in [-0.39, 0.29) is 18.2 Å². The van der Waals surface area contributed by atoms with Crippen LogP contribution in [0.1, 0.15) is 59.8 Å². The number of nitrogens with zero attached hydrogens (tertiary/aromatic N) is 1. The molecule has 1 aliphatic carbocycles. The van der Waals surface area contributed by atoms with E-state index in [0.717, 1.165) is 32.1 Å². The second-order valence-corrected chi connectivity index (χ2v) is 6.77. The van der Waals surface area contributed by atoms with Gasteiger partial charge in [0, 0.05) is 6.04 Å². The zero-order chi connectivity index (χ0) is 14.8. The summed E-state index contributed by atoms with van der Waals surface area (Å²) in [6, 6.07) is 0.496. The van der Waals surface area contributed by atoms with Gasteiger partial charge in [-0.05, 0) is 52.0 Å². The maximum atomic E-state index is 12.6. The highest BCUT2D eigenvalue weighted by Crippen LogP contribution is 2.33. The van der Waals surface area contributed by atoms with Gasteiger partial charge < -0.3 is 4.74 Å². The number of hydrogen-bond donors (Lipinski definition) is 0. The summed E-state index contributed by atoms with van der Waals surface area (Å²) in [4.78, 5) is 14.6. The second-order valence-electron chi connectivity index (χ2n) is 6.77. The van der Waals surface area contributed by atoms with Crippen molar-refractivity contribution in [3.8, 4) is 0 Å². The van der Waals surface area contributed by atoms with Crippen LogP contribution < -0.4 is 0 Å². The van der Waals surface area contributed by atoms with Crippen molar-refractivity contribution in [3.05, 3.63) is 23.8 Å². The van der Waals surface area contributed by atoms with Gasteiger partial charge in [-0.3, -0.25) is 4.90 Å². The van der Waals surface area contributed by atoms with E-state index >= 15 is 0 Å². The molecular formula is C17H27NO2. The van der Waals surface area contributed by atoms with E-state index in [1.54, 1.807) is 0 Å². The number of fused-ring (bicyclic) bond motifs is 1. The lowest BCUT2D eigenvalue weighted by molar-refractivity contribution is 0.00492. The zero-order valence-electron chi connectivity index (χ0n) is 13.2. The van der Waals surface area contributed by atoms with Crippen LogP contribution in [0.2, 0.25) is 0 Å². The summed E-state index contributed by atoms with van der Waals surface area (Å²) in [6.45, 7) is 7.97. The number of carbonyl (C=O) groups excluding carboxylic acids is 1. The summed E-state index contributed by atoms with van der Waals surface area (Å²) in [5.74, 6) is 0. The highest BCUT2D eigenvalue weighted by Gasteiger charge is 2.37. The minimum Gasteiger partial charge on any atom is -0.444 e. The molecule has 1 unspecified atom stereocenters. The van der Waals surface area contributed by atoms with Gasteiger partial charge in [0.1, 0.15) is 5.60 Å². The van der Waals surface area contributed by atoms with Crippen LogP contribution in [0.5, 0.6) is 0 Å². The van der Waals surface area contributed by atoms with Crippen molar-refractivity contribution >= 4 is 6.09 Å². The Balaban J connectivity index is 2.22. The SMILES string of the molecule is CCC[C@H]1CC=C2C=CCCC2N1C(=O)OC(C)(C)C. The van der Waals surface area contributed by atoms with E-state index < -0.39 is 5.60 Å². The van der Waals surface area contributed by atoms with E-state index in [1.165, 1.54) is 5.57 Å². The molecule has 1 heterocycles. The summed E-state index contributed by atoms with van der Waals surface area (Å²) in [5.41, 5.74) is 0.856. The van der Waals surface area contributed by atoms with Crippen LogP contribution in [-0.4, -0.2) is 28.7 Å². The number of rotatable bonds is 2. The Hall–Kier alpha value is -1.25. The quantitative estimate of drug-likeness (QED) is 0.746. The summed E-state index contributed by atoms with van der Waals surface area (Å²) in [5, 5.41) is 0. The molecule has 3 heteroatoms. The van der Waals surface area contributed by atoms with Crippen molar-refractivity contribution < 1.29 is 9.53 Å². The number of hydrogen-bond acceptors (Lipinski definition) is 2. The predicted octanol–water partition coefficient (Wildman–Crippen LogP) is 4.44. The average Bonchev–Trinajstić information content (AvgIpc) is 2.36. The Kier molecular flexibility index (Phi) is 4.56. The molecule has 0 saturated heterocycles. The molecule has 0 aromatic heterocycles. The van der Waals surface area contributed by atoms with Crippen molar-refractivity contribution in [1.29, 1.82) is 0 Å². The van der Waals surface area contributed by atoms with Crippen LogP contribution in [0.3, 0.4) is 0 Å². The van der Waals surface area contributed by atoms with Gasteiger partial charge in [0.2, 0.25) is 0 Å². The second kappa shape index (κ2) is 6.02. The Morgan fingerprint density at radius 2 is 2.20 bits per heavy atom. The molecule has 1 aliphatic heterocycles. The van der Waals surface area contributed by atoms with Gasteiger partial charge in [0.15, 0.2) is 0 Å². The number of amides is 1. The fourth-order valence-corrected chi connectivity index (χ4v) is 3.08. The first-order valence-corrected chi connectivity index (χ1v) is 7.80. The first-order chi connectivity index (χ1) is 9.42. The highest BCUT2D eigenvalue weighted by molar-refractivity contribution is 5.70. The number of allylic oxidation sites excluding steroid dienone is 1. The van der Waals surface area contributed by atoms with E-state index in [2.05, 4.69) is 25.2 Å². The molecule has 0 saturated carbocycles. The van der Waals surface area contributed by atoms with E-state index in [1.807, 2.05) is 25.7 Å². The number of carbonyl (C=O) groups is 1. The molecule has 1 amide bonds. The van der Waals surface area contributed by atoms with Crippen LogP contribution in [0.25, 0.3) is 0 Å². The molecule has 3 nitrogen and oxygen atoms in total. The van der Waals surface area contributed by atoms with Crippen molar-refractivity contribution in [2.75, 3.05) is 0 Å². The molecule has 0 bridgehead atoms. The fourth-order valence-electron chi connectivity index (χ4n) is 3.08. The normalized spacial score (nSPS) is 26.0. The predicted molar refractivity (Wildman–Crippen MR) is 81.6 cm³/mol. The van der Waals surface area contributed by atoms with Crippen molar-refractivity contribution in [3.63, 3.8) is 0 Å². The van der Waals surface area contributed by atoms with Gasteiger partial charge in [-0.2, -0.15) is 0 Å². The molecule has 0 aromatic carbocycles. The standard InChI is InChI=1S/C17H27NO2/c1-5-8-14-12-11-13-9-6-7-10-15(13)18(14)16(19)20-17(2,3)4/h6,9,11,14-15H,5,7-8,10,12H2,1-4H3/t14-,15?/m0/s1. The van der Waals surface area contributed by atoms with Crippen molar-refractivity contribution in [2.24, 2.45) is 0 Å². The molecule has 112 valence electrons. The monoisotopic (exact) mass is 277 g/mol. The van der Waals surface area contributed by atoms with Crippen LogP contribution in [0.15, 0.2) is 23.8 Å². The largest absolute Gasteiger partial charge is 0.444 e. The van der Waals surface area contributed by atoms with E-state index in [9.17, 15) is 4.79 Å². The van der Waals surface area contributed by atoms with Gasteiger partial charge >= 0.3 is 6.09 Å². The molecule has 0 radical (unpaired) electrons. The Bertz CT molecular complexity index is 417. The molecule has 0 aromatic rings. The minimum atomic E-state index is -0.431. The maximum Gasteiger partial charge on any atom is 0.411 e. The van der Waals surface area contributed by atoms with E-state index in [4.69, 9.17) is 4.74 Å². The van der Waals surface area contributed by atoms with Gasteiger partial charge in [-0.25, -0.2) is 4.79 Å². The van der Waals surface area contributed by atoms with Crippen LogP contribution >= 0.6 is 0 Å². The highest BCUT2D eigenvalue weighted by atomic mass is 16.6. The number of ether oxygens (including phenoxy) is 1. The smallest absolute Gasteiger partial charge is 0.411 e. The Labute approximate surface area is 122 Å². The molecule has 0 spiro atoms. The third-order valence-corrected chi connectivity index (χ3v) is 3.88. The molecule has 2 aliphatic rings. The molecule has 2 rings (SSSR count). The van der Waals surface area contributed by atoms with Crippen LogP contribution in [0, 0.1) is 0 Å². The maximum absolute atomic E-state index is 12.6. The molecule has 0 N–H and O–H groups in total. The Morgan fingerprint density at radius 1 is 1.45 bits per heavy atom. The van der Waals surface area contributed by atoms with Crippen molar-refractivity contribution in [1.82, 2.24) is 4.90 Å². The van der Waals surface area contributed by atoms with Gasteiger partial charge in [-0.1, -0.05) is 31.6 Å². The third-order valence-electron chi connectivity index (χ3n) is 3.88. The van der Waals surface area contributed by atoms with Gasteiger partial charge in [0.25, 0.3) is 0 Å². The van der Waals surface area contributed by atoms with E-state index in [0.29, 0.717) is 0 Å². The first-order valence-electron chi connectivity index (χ1n) is 7.80. The summed E-state index contributed by atoms with van der Waals surface area (Å²) >= 11 is 0. The van der Waals surface area contributed by atoms with Crippen LogP contribution in [-0.2, 0) is 4.74 Å². The zero-order valence-corrected chi connectivity index (χ0v) is 13.2. The lowest BCUT2D eigenvalue weighted by Crippen LogP contribution is -2.52. The topological polar surface area (TPSA) is 29.5 Å². The van der Waals surface area contributed by atoms with Crippen molar-refractivity contribution in [2.45, 2.75) is 77.5 Å². The third kappa shape index (κ3) is 3.44. The summed E-state index contributed by atoms with van der Waals surface area (Å²) in [7, 11) is 0. The minimum absolute atomic E-state index is 0.151. The van der Waals surface area contributed by atoms with Crippen LogP contribution in [0.4, 0.5) is 4.79 Å². The molecule has 0 fully saturated rings. The lowest BCUT2D eigenvalue weighted by atomic mass is 9.87. The van der Waals surface area contributed by atoms with Gasteiger partial charge in [0.05, 0.1) is 6.04 Å². The first kappa shape index (κ1) is 15.1. The summed E-state index contributed by atoms with van der Waals surface area (Å²) < 4.78 is 5.64.